The minimum absolute atomic E-state index is 0.0110. The van der Waals surface area contributed by atoms with Gasteiger partial charge < -0.3 is 19.7 Å². The standard InChI is InChI=1S/C36H40ClN3O6S/c1-36(2,3)38-35(42)32(22-26-13-8-6-9-14-26)39(24-27-15-12-16-28(37)21-27)34(41)25-40(47(43,44)30-17-10-7-11-18-30)31-23-29(45-4)19-20-33(31)46-5/h6-21,23,32H,22,24-25H2,1-5H3,(H,38,42)/t32-/m1/s1. The molecule has 0 saturated carbocycles. The van der Waals surface area contributed by atoms with Crippen molar-refractivity contribution in [2.24, 2.45) is 0 Å². The number of anilines is 1. The van der Waals surface area contributed by atoms with Gasteiger partial charge in [-0.25, -0.2) is 8.42 Å². The van der Waals surface area contributed by atoms with Crippen molar-refractivity contribution in [1.29, 1.82) is 0 Å². The van der Waals surface area contributed by atoms with Gasteiger partial charge in [-0.3, -0.25) is 13.9 Å². The lowest BCUT2D eigenvalue weighted by molar-refractivity contribution is -0.140. The summed E-state index contributed by atoms with van der Waals surface area (Å²) in [6.45, 7) is 4.92. The fraction of sp³-hybridized carbons (Fsp3) is 0.278. The van der Waals surface area contributed by atoms with Crippen LogP contribution < -0.4 is 19.1 Å². The molecule has 9 nitrogen and oxygen atoms in total. The number of hydrogen-bond acceptors (Lipinski definition) is 6. The number of amides is 2. The maximum absolute atomic E-state index is 14.7. The van der Waals surface area contributed by atoms with Crippen LogP contribution in [-0.2, 0) is 32.6 Å². The van der Waals surface area contributed by atoms with Crippen molar-refractivity contribution < 1.29 is 27.5 Å². The van der Waals surface area contributed by atoms with Gasteiger partial charge in [0.15, 0.2) is 0 Å². The van der Waals surface area contributed by atoms with Crippen molar-refractivity contribution >= 4 is 39.1 Å². The molecule has 4 rings (SSSR count). The van der Waals surface area contributed by atoms with Crippen LogP contribution >= 0.6 is 11.6 Å². The first kappa shape index (κ1) is 35.3. The molecule has 1 N–H and O–H groups in total. The summed E-state index contributed by atoms with van der Waals surface area (Å²) in [5.74, 6) is -0.415. The Morgan fingerprint density at radius 3 is 2.06 bits per heavy atom. The van der Waals surface area contributed by atoms with Crippen molar-refractivity contribution in [3.05, 3.63) is 119 Å². The summed E-state index contributed by atoms with van der Waals surface area (Å²) in [7, 11) is -1.45. The SMILES string of the molecule is COc1ccc(OC)c(N(CC(=O)N(Cc2cccc(Cl)c2)[C@H](Cc2ccccc2)C(=O)NC(C)(C)C)S(=O)(=O)c2ccccc2)c1. The molecule has 4 aromatic rings. The zero-order valence-corrected chi connectivity index (χ0v) is 28.7. The summed E-state index contributed by atoms with van der Waals surface area (Å²) >= 11 is 6.32. The number of rotatable bonds is 13. The van der Waals surface area contributed by atoms with Crippen molar-refractivity contribution in [2.45, 2.75) is 50.2 Å². The molecule has 0 radical (unpaired) electrons. The van der Waals surface area contributed by atoms with Crippen LogP contribution in [0.1, 0.15) is 31.9 Å². The van der Waals surface area contributed by atoms with Crippen LogP contribution in [0.25, 0.3) is 0 Å². The number of methoxy groups -OCH3 is 2. The molecule has 47 heavy (non-hydrogen) atoms. The van der Waals surface area contributed by atoms with Gasteiger partial charge >= 0.3 is 0 Å². The van der Waals surface area contributed by atoms with E-state index in [0.717, 1.165) is 9.87 Å². The molecule has 0 saturated heterocycles. The van der Waals surface area contributed by atoms with E-state index in [9.17, 15) is 18.0 Å². The number of halogens is 1. The summed E-state index contributed by atoms with van der Waals surface area (Å²) in [6.07, 6.45) is 0.184. The molecule has 0 spiro atoms. The molecule has 2 amide bonds. The predicted octanol–water partition coefficient (Wildman–Crippen LogP) is 6.11. The van der Waals surface area contributed by atoms with Gasteiger partial charge in [-0.1, -0.05) is 72.3 Å². The van der Waals surface area contributed by atoms with E-state index in [1.54, 1.807) is 54.6 Å². The van der Waals surface area contributed by atoms with Crippen molar-refractivity contribution in [3.63, 3.8) is 0 Å². The number of nitrogens with one attached hydrogen (secondary N) is 1. The topological polar surface area (TPSA) is 105 Å². The number of carbonyl (C=O) groups is 2. The Morgan fingerprint density at radius 1 is 0.830 bits per heavy atom. The minimum atomic E-state index is -4.32. The van der Waals surface area contributed by atoms with Crippen molar-refractivity contribution in [1.82, 2.24) is 10.2 Å². The number of carbonyl (C=O) groups excluding carboxylic acids is 2. The number of sulfonamides is 1. The molecule has 0 unspecified atom stereocenters. The first-order valence-electron chi connectivity index (χ1n) is 15.0. The van der Waals surface area contributed by atoms with Crippen LogP contribution in [0.3, 0.4) is 0 Å². The Hall–Kier alpha value is -4.54. The first-order chi connectivity index (χ1) is 22.3. The van der Waals surface area contributed by atoms with Gasteiger partial charge in [0.05, 0.1) is 24.8 Å². The molecule has 11 heteroatoms. The van der Waals surface area contributed by atoms with E-state index < -0.39 is 34.1 Å². The molecular formula is C36H40ClN3O6S. The molecule has 0 fully saturated rings. The number of ether oxygens (including phenoxy) is 2. The smallest absolute Gasteiger partial charge is 0.264 e. The summed E-state index contributed by atoms with van der Waals surface area (Å²) in [6, 6.07) is 27.9. The van der Waals surface area contributed by atoms with E-state index in [2.05, 4.69) is 5.32 Å². The maximum Gasteiger partial charge on any atom is 0.264 e. The van der Waals surface area contributed by atoms with Crippen LogP contribution in [0.4, 0.5) is 5.69 Å². The van der Waals surface area contributed by atoms with Crippen LogP contribution in [0.5, 0.6) is 11.5 Å². The Bertz CT molecular complexity index is 1780. The molecule has 248 valence electrons. The minimum Gasteiger partial charge on any atom is -0.497 e. The van der Waals surface area contributed by atoms with E-state index in [-0.39, 0.29) is 35.2 Å². The molecule has 0 aliphatic rings. The quantitative estimate of drug-likeness (QED) is 0.183. The molecular weight excluding hydrogens is 638 g/mol. The normalized spacial score (nSPS) is 12.1. The van der Waals surface area contributed by atoms with E-state index in [1.807, 2.05) is 51.1 Å². The predicted molar refractivity (Wildman–Crippen MR) is 184 cm³/mol. The van der Waals surface area contributed by atoms with Gasteiger partial charge in [0, 0.05) is 29.6 Å². The number of nitrogens with zero attached hydrogens (tertiary/aromatic N) is 2. The Morgan fingerprint density at radius 2 is 1.47 bits per heavy atom. The van der Waals surface area contributed by atoms with E-state index in [4.69, 9.17) is 21.1 Å². The fourth-order valence-corrected chi connectivity index (χ4v) is 6.71. The molecule has 0 aliphatic heterocycles. The molecule has 0 aromatic heterocycles. The lowest BCUT2D eigenvalue weighted by atomic mass is 10.0. The summed E-state index contributed by atoms with van der Waals surface area (Å²) in [5.41, 5.74) is 0.996. The van der Waals surface area contributed by atoms with E-state index >= 15 is 0 Å². The van der Waals surface area contributed by atoms with Crippen LogP contribution in [-0.4, -0.2) is 57.5 Å². The van der Waals surface area contributed by atoms with Gasteiger partial charge in [0.1, 0.15) is 24.1 Å². The fourth-order valence-electron chi connectivity index (χ4n) is 5.06. The Kier molecular flexibility index (Phi) is 11.5. The van der Waals surface area contributed by atoms with Crippen molar-refractivity contribution in [2.75, 3.05) is 25.1 Å². The molecule has 4 aromatic carbocycles. The summed E-state index contributed by atoms with van der Waals surface area (Å²) in [4.78, 5) is 30.1. The van der Waals surface area contributed by atoms with Crippen LogP contribution in [0.2, 0.25) is 5.02 Å². The highest BCUT2D eigenvalue weighted by Gasteiger charge is 2.36. The largest absolute Gasteiger partial charge is 0.497 e. The van der Waals surface area contributed by atoms with Crippen LogP contribution in [0, 0.1) is 0 Å². The number of benzene rings is 4. The highest BCUT2D eigenvalue weighted by molar-refractivity contribution is 7.92. The Balaban J connectivity index is 1.87. The van der Waals surface area contributed by atoms with Gasteiger partial charge in [-0.15, -0.1) is 0 Å². The third kappa shape index (κ3) is 9.27. The van der Waals surface area contributed by atoms with Gasteiger partial charge in [0.25, 0.3) is 10.0 Å². The highest BCUT2D eigenvalue weighted by atomic mass is 35.5. The third-order valence-corrected chi connectivity index (χ3v) is 9.29. The van der Waals surface area contributed by atoms with E-state index in [1.165, 1.54) is 37.3 Å². The lowest BCUT2D eigenvalue weighted by Crippen LogP contribution is -2.56. The van der Waals surface area contributed by atoms with Gasteiger partial charge in [0.2, 0.25) is 11.8 Å². The molecule has 0 heterocycles. The summed E-state index contributed by atoms with van der Waals surface area (Å²) in [5, 5.41) is 3.48. The van der Waals surface area contributed by atoms with Gasteiger partial charge in [-0.05, 0) is 68.3 Å². The van der Waals surface area contributed by atoms with Crippen molar-refractivity contribution in [3.8, 4) is 11.5 Å². The average Bonchev–Trinajstić information content (AvgIpc) is 3.04. The zero-order valence-electron chi connectivity index (χ0n) is 27.1. The third-order valence-electron chi connectivity index (χ3n) is 7.28. The average molecular weight is 678 g/mol. The second-order valence-corrected chi connectivity index (χ2v) is 14.3. The highest BCUT2D eigenvalue weighted by Crippen LogP contribution is 2.36. The van der Waals surface area contributed by atoms with Gasteiger partial charge in [-0.2, -0.15) is 0 Å². The van der Waals surface area contributed by atoms with E-state index in [0.29, 0.717) is 16.3 Å². The molecule has 0 aliphatic carbocycles. The Labute approximate surface area is 282 Å². The number of hydrogen-bond donors (Lipinski definition) is 1. The molecule has 1 atom stereocenters. The first-order valence-corrected chi connectivity index (χ1v) is 16.8. The summed E-state index contributed by atoms with van der Waals surface area (Å²) < 4.78 is 40.6. The maximum atomic E-state index is 14.7. The second kappa shape index (κ2) is 15.4. The lowest BCUT2D eigenvalue weighted by Gasteiger charge is -2.35. The van der Waals surface area contributed by atoms with Crippen LogP contribution in [0.15, 0.2) is 108 Å². The zero-order chi connectivity index (χ0) is 34.2. The molecule has 0 bridgehead atoms. The monoisotopic (exact) mass is 677 g/mol. The second-order valence-electron chi connectivity index (χ2n) is 12.0.